The van der Waals surface area contributed by atoms with Crippen molar-refractivity contribution < 1.29 is 19.1 Å². The summed E-state index contributed by atoms with van der Waals surface area (Å²) in [6, 6.07) is 17.2. The maximum absolute atomic E-state index is 12.4. The molecule has 0 spiro atoms. The molecular formula is C19H20N2O4. The first-order valence-electron chi connectivity index (χ1n) is 7.87. The van der Waals surface area contributed by atoms with E-state index in [2.05, 4.69) is 5.32 Å². The Kier molecular flexibility index (Phi) is 6.28. The quantitative estimate of drug-likeness (QED) is 0.753. The van der Waals surface area contributed by atoms with Crippen LogP contribution in [0.4, 0.5) is 0 Å². The van der Waals surface area contributed by atoms with Gasteiger partial charge in [-0.25, -0.2) is 0 Å². The second-order valence-electron chi connectivity index (χ2n) is 5.54. The van der Waals surface area contributed by atoms with Crippen LogP contribution in [0.15, 0.2) is 60.7 Å². The Morgan fingerprint density at radius 1 is 1.00 bits per heavy atom. The van der Waals surface area contributed by atoms with Crippen LogP contribution >= 0.6 is 0 Å². The van der Waals surface area contributed by atoms with E-state index in [0.717, 1.165) is 5.56 Å². The second kappa shape index (κ2) is 8.63. The highest BCUT2D eigenvalue weighted by Crippen LogP contribution is 2.18. The number of nitrogens with one attached hydrogen (secondary N) is 1. The van der Waals surface area contributed by atoms with Gasteiger partial charge in [0.05, 0.1) is 12.5 Å². The average Bonchev–Trinajstić information content (AvgIpc) is 2.62. The standard InChI is InChI=1S/C19H20N2O4/c1-13(18(20)23)25-17(22)12-16(14-8-4-2-5-9-14)21-19(24)15-10-6-3-7-11-15/h2-11,13,16H,12H2,1H3,(H2,20,23)(H,21,24)/t13-,16-/m1/s1. The lowest BCUT2D eigenvalue weighted by atomic mass is 10.0. The zero-order chi connectivity index (χ0) is 18.2. The van der Waals surface area contributed by atoms with Crippen LogP contribution in [0.2, 0.25) is 0 Å². The van der Waals surface area contributed by atoms with Gasteiger partial charge in [0.15, 0.2) is 6.10 Å². The lowest BCUT2D eigenvalue weighted by Crippen LogP contribution is -2.34. The molecule has 0 unspecified atom stereocenters. The summed E-state index contributed by atoms with van der Waals surface area (Å²) in [7, 11) is 0. The maximum atomic E-state index is 12.4. The highest BCUT2D eigenvalue weighted by atomic mass is 16.5. The van der Waals surface area contributed by atoms with E-state index in [1.165, 1.54) is 6.92 Å². The van der Waals surface area contributed by atoms with Crippen LogP contribution < -0.4 is 11.1 Å². The van der Waals surface area contributed by atoms with E-state index in [1.807, 2.05) is 24.3 Å². The summed E-state index contributed by atoms with van der Waals surface area (Å²) in [4.78, 5) is 35.5. The van der Waals surface area contributed by atoms with Gasteiger partial charge >= 0.3 is 5.97 Å². The molecule has 0 saturated carbocycles. The first-order chi connectivity index (χ1) is 12.0. The predicted octanol–water partition coefficient (Wildman–Crippen LogP) is 1.96. The molecule has 2 aromatic carbocycles. The van der Waals surface area contributed by atoms with Gasteiger partial charge in [0.2, 0.25) is 0 Å². The highest BCUT2D eigenvalue weighted by Gasteiger charge is 2.22. The number of hydrogen-bond acceptors (Lipinski definition) is 4. The van der Waals surface area contributed by atoms with Gasteiger partial charge in [0.25, 0.3) is 11.8 Å². The molecule has 0 aliphatic heterocycles. The summed E-state index contributed by atoms with van der Waals surface area (Å²) in [5.41, 5.74) is 6.34. The zero-order valence-corrected chi connectivity index (χ0v) is 13.8. The maximum Gasteiger partial charge on any atom is 0.309 e. The van der Waals surface area contributed by atoms with E-state index in [-0.39, 0.29) is 12.3 Å². The third kappa shape index (κ3) is 5.46. The van der Waals surface area contributed by atoms with Gasteiger partial charge in [-0.1, -0.05) is 48.5 Å². The van der Waals surface area contributed by atoms with Crippen LogP contribution in [0.3, 0.4) is 0 Å². The van der Waals surface area contributed by atoms with Crippen molar-refractivity contribution in [2.24, 2.45) is 5.73 Å². The van der Waals surface area contributed by atoms with E-state index >= 15 is 0 Å². The second-order valence-corrected chi connectivity index (χ2v) is 5.54. The molecule has 2 aromatic rings. The first-order valence-corrected chi connectivity index (χ1v) is 7.87. The van der Waals surface area contributed by atoms with Crippen molar-refractivity contribution in [3.8, 4) is 0 Å². The number of amides is 2. The average molecular weight is 340 g/mol. The molecule has 0 radical (unpaired) electrons. The summed E-state index contributed by atoms with van der Waals surface area (Å²) >= 11 is 0. The van der Waals surface area contributed by atoms with Crippen molar-refractivity contribution in [3.63, 3.8) is 0 Å². The Morgan fingerprint density at radius 3 is 2.12 bits per heavy atom. The molecule has 0 aliphatic carbocycles. The Hall–Kier alpha value is -3.15. The molecule has 2 atom stereocenters. The van der Waals surface area contributed by atoms with Gasteiger partial charge in [-0.2, -0.15) is 0 Å². The van der Waals surface area contributed by atoms with Crippen molar-refractivity contribution in [1.29, 1.82) is 0 Å². The molecule has 25 heavy (non-hydrogen) atoms. The van der Waals surface area contributed by atoms with Crippen LogP contribution in [0, 0.1) is 0 Å². The van der Waals surface area contributed by atoms with Crippen molar-refractivity contribution in [2.45, 2.75) is 25.5 Å². The van der Waals surface area contributed by atoms with Crippen LogP contribution in [-0.2, 0) is 14.3 Å². The summed E-state index contributed by atoms with van der Waals surface area (Å²) in [6.45, 7) is 1.40. The summed E-state index contributed by atoms with van der Waals surface area (Å²) in [5, 5.41) is 2.83. The van der Waals surface area contributed by atoms with Gasteiger partial charge in [-0.3, -0.25) is 14.4 Å². The molecule has 0 heterocycles. The third-order valence-electron chi connectivity index (χ3n) is 3.62. The number of rotatable bonds is 7. The van der Waals surface area contributed by atoms with Crippen molar-refractivity contribution >= 4 is 17.8 Å². The van der Waals surface area contributed by atoms with Crippen LogP contribution in [0.5, 0.6) is 0 Å². The summed E-state index contributed by atoms with van der Waals surface area (Å²) in [5.74, 6) is -1.64. The smallest absolute Gasteiger partial charge is 0.309 e. The first kappa shape index (κ1) is 18.2. The number of hydrogen-bond donors (Lipinski definition) is 2. The number of benzene rings is 2. The molecule has 0 bridgehead atoms. The van der Waals surface area contributed by atoms with Crippen LogP contribution in [0.1, 0.15) is 35.3 Å². The number of esters is 1. The summed E-state index contributed by atoms with van der Waals surface area (Å²) < 4.78 is 4.99. The fourth-order valence-electron chi connectivity index (χ4n) is 2.24. The monoisotopic (exact) mass is 340 g/mol. The topological polar surface area (TPSA) is 98.5 Å². The van der Waals surface area contributed by atoms with Crippen molar-refractivity contribution in [2.75, 3.05) is 0 Å². The lowest BCUT2D eigenvalue weighted by Gasteiger charge is -2.19. The summed E-state index contributed by atoms with van der Waals surface area (Å²) in [6.07, 6.45) is -1.13. The fraction of sp³-hybridized carbons (Fsp3) is 0.211. The van der Waals surface area contributed by atoms with E-state index in [9.17, 15) is 14.4 Å². The number of ether oxygens (including phenoxy) is 1. The van der Waals surface area contributed by atoms with Crippen LogP contribution in [0.25, 0.3) is 0 Å². The minimum absolute atomic E-state index is 0.111. The molecule has 6 heteroatoms. The molecule has 0 fully saturated rings. The van der Waals surface area contributed by atoms with E-state index < -0.39 is 24.0 Å². The number of carbonyl (C=O) groups is 3. The van der Waals surface area contributed by atoms with Gasteiger partial charge in [0, 0.05) is 5.56 Å². The molecular weight excluding hydrogens is 320 g/mol. The van der Waals surface area contributed by atoms with Crippen molar-refractivity contribution in [3.05, 3.63) is 71.8 Å². The minimum Gasteiger partial charge on any atom is -0.452 e. The Morgan fingerprint density at radius 2 is 1.56 bits per heavy atom. The number of primary amides is 1. The van der Waals surface area contributed by atoms with E-state index in [4.69, 9.17) is 10.5 Å². The van der Waals surface area contributed by atoms with Gasteiger partial charge in [-0.05, 0) is 24.6 Å². The minimum atomic E-state index is -1.02. The zero-order valence-electron chi connectivity index (χ0n) is 13.8. The Balaban J connectivity index is 2.12. The SMILES string of the molecule is C[C@@H](OC(=O)C[C@@H](NC(=O)c1ccccc1)c1ccccc1)C(N)=O. The Bertz CT molecular complexity index is 732. The number of nitrogens with two attached hydrogens (primary N) is 1. The molecule has 2 amide bonds. The molecule has 2 rings (SSSR count). The van der Waals surface area contributed by atoms with Gasteiger partial charge in [-0.15, -0.1) is 0 Å². The normalized spacial score (nSPS) is 12.7. The van der Waals surface area contributed by atoms with Crippen molar-refractivity contribution in [1.82, 2.24) is 5.32 Å². The largest absolute Gasteiger partial charge is 0.452 e. The predicted molar refractivity (Wildman–Crippen MR) is 92.5 cm³/mol. The van der Waals surface area contributed by atoms with Gasteiger partial charge < -0.3 is 15.8 Å². The lowest BCUT2D eigenvalue weighted by molar-refractivity contribution is -0.154. The molecule has 3 N–H and O–H groups in total. The molecule has 6 nitrogen and oxygen atoms in total. The Labute approximate surface area is 146 Å². The van der Waals surface area contributed by atoms with Crippen LogP contribution in [-0.4, -0.2) is 23.9 Å². The molecule has 0 aromatic heterocycles. The van der Waals surface area contributed by atoms with E-state index in [0.29, 0.717) is 5.56 Å². The van der Waals surface area contributed by atoms with E-state index in [1.54, 1.807) is 36.4 Å². The molecule has 0 saturated heterocycles. The highest BCUT2D eigenvalue weighted by molar-refractivity contribution is 5.94. The molecule has 130 valence electrons. The molecule has 0 aliphatic rings. The fourth-order valence-corrected chi connectivity index (χ4v) is 2.24. The third-order valence-corrected chi connectivity index (χ3v) is 3.62. The van der Waals surface area contributed by atoms with Gasteiger partial charge in [0.1, 0.15) is 0 Å². The number of carbonyl (C=O) groups excluding carboxylic acids is 3.